The van der Waals surface area contributed by atoms with Crippen molar-refractivity contribution in [3.8, 4) is 0 Å². The maximum Gasteiger partial charge on any atom is 0.410 e. The fourth-order valence-corrected chi connectivity index (χ4v) is 3.35. The molecule has 7 nitrogen and oxygen atoms in total. The number of nitrogens with zero attached hydrogens (tertiary/aromatic N) is 2. The van der Waals surface area contributed by atoms with Crippen molar-refractivity contribution < 1.29 is 19.3 Å². The molecule has 0 bridgehead atoms. The summed E-state index contributed by atoms with van der Waals surface area (Å²) in [5, 5.41) is 10.3. The van der Waals surface area contributed by atoms with Crippen molar-refractivity contribution in [2.24, 2.45) is 0 Å². The SMILES string of the molecule is CC(C)(C)OC(=O)N1CCC[C@H]1c1nc2cc(BOC(C)(C)C(C)(C)O)ccc2[nH]1. The minimum atomic E-state index is -0.954. The molecule has 30 heavy (non-hydrogen) atoms. The van der Waals surface area contributed by atoms with E-state index in [0.717, 1.165) is 35.2 Å². The van der Waals surface area contributed by atoms with Crippen molar-refractivity contribution in [2.75, 3.05) is 6.54 Å². The number of likely N-dealkylation sites (tertiary alicyclic amines) is 1. The third-order valence-corrected chi connectivity index (χ3v) is 5.84. The average molecular weight is 415 g/mol. The van der Waals surface area contributed by atoms with E-state index in [-0.39, 0.29) is 12.1 Å². The number of aromatic nitrogens is 2. The number of aliphatic hydroxyl groups is 1. The molecule has 2 aromatic rings. The number of benzene rings is 1. The minimum absolute atomic E-state index is 0.110. The van der Waals surface area contributed by atoms with Gasteiger partial charge in [-0.15, -0.1) is 0 Å². The number of nitrogens with one attached hydrogen (secondary N) is 1. The average Bonchev–Trinajstić information content (AvgIpc) is 3.23. The van der Waals surface area contributed by atoms with E-state index in [1.807, 2.05) is 52.8 Å². The van der Waals surface area contributed by atoms with E-state index >= 15 is 0 Å². The van der Waals surface area contributed by atoms with Crippen LogP contribution in [0.15, 0.2) is 18.2 Å². The van der Waals surface area contributed by atoms with E-state index in [1.54, 1.807) is 18.7 Å². The summed E-state index contributed by atoms with van der Waals surface area (Å²) < 4.78 is 11.5. The molecule has 1 aliphatic heterocycles. The molecule has 0 saturated carbocycles. The second kappa shape index (κ2) is 7.89. The molecule has 0 unspecified atom stereocenters. The summed E-state index contributed by atoms with van der Waals surface area (Å²) in [6.45, 7) is 13.5. The molecule has 1 aliphatic rings. The fraction of sp³-hybridized carbons (Fsp3) is 0.636. The van der Waals surface area contributed by atoms with E-state index in [2.05, 4.69) is 4.98 Å². The third-order valence-electron chi connectivity index (χ3n) is 5.84. The third kappa shape index (κ3) is 4.98. The zero-order valence-electron chi connectivity index (χ0n) is 19.2. The topological polar surface area (TPSA) is 87.7 Å². The van der Waals surface area contributed by atoms with E-state index < -0.39 is 16.8 Å². The lowest BCUT2D eigenvalue weighted by atomic mass is 9.82. The van der Waals surface area contributed by atoms with Crippen LogP contribution in [0.5, 0.6) is 0 Å². The van der Waals surface area contributed by atoms with Gasteiger partial charge in [-0.3, -0.25) is 4.90 Å². The smallest absolute Gasteiger partial charge is 0.410 e. The van der Waals surface area contributed by atoms with Crippen molar-refractivity contribution in [1.82, 2.24) is 14.9 Å². The highest BCUT2D eigenvalue weighted by Crippen LogP contribution is 2.32. The number of hydrogen-bond donors (Lipinski definition) is 2. The van der Waals surface area contributed by atoms with Gasteiger partial charge in [0.1, 0.15) is 11.4 Å². The second-order valence-corrected chi connectivity index (χ2v) is 10.2. The number of fused-ring (bicyclic) bond motifs is 1. The molecule has 1 amide bonds. The van der Waals surface area contributed by atoms with E-state index in [9.17, 15) is 9.90 Å². The van der Waals surface area contributed by atoms with Crippen LogP contribution in [0.4, 0.5) is 4.79 Å². The van der Waals surface area contributed by atoms with Crippen LogP contribution in [0.25, 0.3) is 11.0 Å². The highest BCUT2D eigenvalue weighted by Gasteiger charge is 2.36. The Morgan fingerprint density at radius 1 is 1.23 bits per heavy atom. The highest BCUT2D eigenvalue weighted by atomic mass is 16.6. The van der Waals surface area contributed by atoms with Gasteiger partial charge >= 0.3 is 13.6 Å². The number of hydrogen-bond acceptors (Lipinski definition) is 5. The molecule has 164 valence electrons. The quantitative estimate of drug-likeness (QED) is 0.733. The Labute approximate surface area is 179 Å². The van der Waals surface area contributed by atoms with Gasteiger partial charge < -0.3 is 19.5 Å². The standard InChI is InChI=1S/C22H34BN3O4/c1-20(2,3)29-19(27)26-12-8-9-17(26)18-24-15-11-10-14(13-16(15)25-18)23-30-22(6,7)21(4,5)28/h10-11,13,17,23,28H,8-9,12H2,1-7H3,(H,24,25)/t17-/m0/s1. The predicted molar refractivity (Wildman–Crippen MR) is 119 cm³/mol. The Kier molecular flexibility index (Phi) is 5.95. The summed E-state index contributed by atoms with van der Waals surface area (Å²) >= 11 is 0. The van der Waals surface area contributed by atoms with Gasteiger partial charge in [-0.1, -0.05) is 11.5 Å². The number of aromatic amines is 1. The number of carbonyl (C=O) groups excluding carboxylic acids is 1. The van der Waals surface area contributed by atoms with Gasteiger partial charge in [-0.05, 0) is 73.4 Å². The van der Waals surface area contributed by atoms with Gasteiger partial charge in [0.25, 0.3) is 0 Å². The summed E-state index contributed by atoms with van der Waals surface area (Å²) in [7, 11) is 0.378. The van der Waals surface area contributed by atoms with Crippen LogP contribution >= 0.6 is 0 Å². The summed E-state index contributed by atoms with van der Waals surface area (Å²) in [4.78, 5) is 22.5. The van der Waals surface area contributed by atoms with Crippen molar-refractivity contribution >= 4 is 30.1 Å². The van der Waals surface area contributed by atoms with Crippen LogP contribution in [0.2, 0.25) is 0 Å². The second-order valence-electron chi connectivity index (χ2n) is 10.2. The molecule has 1 fully saturated rings. The fourth-order valence-electron chi connectivity index (χ4n) is 3.35. The number of rotatable bonds is 5. The zero-order valence-corrected chi connectivity index (χ0v) is 19.2. The first-order valence-corrected chi connectivity index (χ1v) is 10.6. The summed E-state index contributed by atoms with van der Waals surface area (Å²) in [5.41, 5.74) is 0.577. The molecule has 2 N–H and O–H groups in total. The lowest BCUT2D eigenvalue weighted by Crippen LogP contribution is -2.49. The van der Waals surface area contributed by atoms with Crippen LogP contribution in [-0.2, 0) is 9.39 Å². The van der Waals surface area contributed by atoms with Crippen LogP contribution in [0.1, 0.15) is 73.2 Å². The molecule has 0 radical (unpaired) electrons. The molecule has 0 spiro atoms. The number of amides is 1. The summed E-state index contributed by atoms with van der Waals surface area (Å²) in [5.74, 6) is 0.781. The number of H-pyrrole nitrogens is 1. The molecule has 0 aliphatic carbocycles. The van der Waals surface area contributed by atoms with Gasteiger partial charge in [0, 0.05) is 6.54 Å². The first-order valence-electron chi connectivity index (χ1n) is 10.6. The Bertz CT molecular complexity index is 911. The van der Waals surface area contributed by atoms with Crippen molar-refractivity contribution in [2.45, 2.75) is 84.2 Å². The first-order chi connectivity index (χ1) is 13.8. The highest BCUT2D eigenvalue weighted by molar-refractivity contribution is 6.47. The molecule has 3 rings (SSSR count). The maximum atomic E-state index is 12.6. The number of carbonyl (C=O) groups is 1. The van der Waals surface area contributed by atoms with Crippen molar-refractivity contribution in [1.29, 1.82) is 0 Å². The predicted octanol–water partition coefficient (Wildman–Crippen LogP) is 3.18. The van der Waals surface area contributed by atoms with Crippen LogP contribution < -0.4 is 5.46 Å². The summed E-state index contributed by atoms with van der Waals surface area (Å²) in [6, 6.07) is 5.85. The lowest BCUT2D eigenvalue weighted by molar-refractivity contribution is -0.0893. The van der Waals surface area contributed by atoms with Gasteiger partial charge in [-0.2, -0.15) is 0 Å². The lowest BCUT2D eigenvalue weighted by Gasteiger charge is -2.37. The molecular weight excluding hydrogens is 381 g/mol. The maximum absolute atomic E-state index is 12.6. The first kappa shape index (κ1) is 22.6. The molecule has 2 heterocycles. The molecule has 1 atom stereocenters. The largest absolute Gasteiger partial charge is 0.444 e. The van der Waals surface area contributed by atoms with E-state index in [1.165, 1.54) is 0 Å². The van der Waals surface area contributed by atoms with Crippen LogP contribution in [0.3, 0.4) is 0 Å². The van der Waals surface area contributed by atoms with Gasteiger partial charge in [-0.25, -0.2) is 9.78 Å². The molecule has 8 heteroatoms. The van der Waals surface area contributed by atoms with Crippen LogP contribution in [0, 0.1) is 0 Å². The summed E-state index contributed by atoms with van der Waals surface area (Å²) in [6.07, 6.45) is 1.48. The van der Waals surface area contributed by atoms with Gasteiger partial charge in [0.15, 0.2) is 0 Å². The Morgan fingerprint density at radius 3 is 2.57 bits per heavy atom. The molecule has 1 aromatic heterocycles. The zero-order chi connectivity index (χ0) is 22.3. The Hall–Kier alpha value is -2.06. The minimum Gasteiger partial charge on any atom is -0.444 e. The number of ether oxygens (including phenoxy) is 1. The molecule has 1 aromatic carbocycles. The van der Waals surface area contributed by atoms with Gasteiger partial charge in [0.2, 0.25) is 0 Å². The monoisotopic (exact) mass is 415 g/mol. The number of imidazole rings is 1. The molecular formula is C22H34BN3O4. The molecule has 1 saturated heterocycles. The van der Waals surface area contributed by atoms with E-state index in [0.29, 0.717) is 14.0 Å². The Morgan fingerprint density at radius 2 is 1.93 bits per heavy atom. The van der Waals surface area contributed by atoms with Crippen molar-refractivity contribution in [3.63, 3.8) is 0 Å². The normalized spacial score (nSPS) is 18.1. The van der Waals surface area contributed by atoms with Crippen LogP contribution in [-0.4, -0.2) is 56.9 Å². The van der Waals surface area contributed by atoms with E-state index in [4.69, 9.17) is 14.4 Å². The van der Waals surface area contributed by atoms with Crippen molar-refractivity contribution in [3.05, 3.63) is 24.0 Å². The van der Waals surface area contributed by atoms with Gasteiger partial charge in [0.05, 0.1) is 28.3 Å². The Balaban J connectivity index is 1.76.